The van der Waals surface area contributed by atoms with E-state index in [9.17, 15) is 4.79 Å². The molecule has 1 unspecified atom stereocenters. The Morgan fingerprint density at radius 2 is 1.67 bits per heavy atom. The van der Waals surface area contributed by atoms with Gasteiger partial charge in [0.25, 0.3) is 0 Å². The van der Waals surface area contributed by atoms with Crippen molar-refractivity contribution in [2.24, 2.45) is 0 Å². The maximum absolute atomic E-state index is 12.9. The molecular weight excluding hydrogens is 328 g/mol. The molecule has 0 bridgehead atoms. The van der Waals surface area contributed by atoms with Gasteiger partial charge in [-0.05, 0) is 0 Å². The summed E-state index contributed by atoms with van der Waals surface area (Å²) in [6.45, 7) is 10.3. The average Bonchev–Trinajstić information content (AvgIpc) is 2.56. The van der Waals surface area contributed by atoms with Crippen LogP contribution in [0.3, 0.4) is 0 Å². The van der Waals surface area contributed by atoms with Crippen molar-refractivity contribution in [3.63, 3.8) is 0 Å². The number of amides is 1. The van der Waals surface area contributed by atoms with E-state index < -0.39 is 18.4 Å². The van der Waals surface area contributed by atoms with Gasteiger partial charge in [-0.1, -0.05) is 0 Å². The molecule has 4 heteroatoms. The van der Waals surface area contributed by atoms with E-state index in [0.29, 0.717) is 16.7 Å². The zero-order chi connectivity index (χ0) is 14.1. The van der Waals surface area contributed by atoms with Crippen molar-refractivity contribution in [2.75, 3.05) is 6.54 Å². The molecule has 1 rings (SSSR count). The van der Waals surface area contributed by atoms with Gasteiger partial charge in [0.2, 0.25) is 0 Å². The Morgan fingerprint density at radius 1 is 1.17 bits per heavy atom. The topological polar surface area (TPSA) is 20.3 Å². The number of carbonyl (C=O) groups excluding carboxylic acids is 1. The molecular formula is C14H30BNOSn. The van der Waals surface area contributed by atoms with Gasteiger partial charge in [-0.3, -0.25) is 0 Å². The van der Waals surface area contributed by atoms with Crippen LogP contribution in [0.4, 0.5) is 0 Å². The van der Waals surface area contributed by atoms with Crippen LogP contribution in [0.15, 0.2) is 0 Å². The minimum atomic E-state index is -2.25. The van der Waals surface area contributed by atoms with Crippen LogP contribution in [0, 0.1) is 0 Å². The van der Waals surface area contributed by atoms with E-state index >= 15 is 0 Å². The number of hydrogen-bond donors (Lipinski definition) is 0. The first kappa shape index (κ1) is 16.4. The van der Waals surface area contributed by atoms with E-state index in [4.69, 9.17) is 0 Å². The quantitative estimate of drug-likeness (QED) is 0.677. The number of nitrogens with zero attached hydrogens (tertiary/aromatic N) is 1. The molecule has 0 N–H and O–H groups in total. The average molecular weight is 358 g/mol. The number of hydrogen-bond acceptors (Lipinski definition) is 1. The van der Waals surface area contributed by atoms with Gasteiger partial charge in [0, 0.05) is 0 Å². The molecule has 104 valence electrons. The van der Waals surface area contributed by atoms with Gasteiger partial charge in [0.05, 0.1) is 0 Å². The van der Waals surface area contributed by atoms with Crippen molar-refractivity contribution >= 4 is 31.1 Å². The van der Waals surface area contributed by atoms with Crippen LogP contribution in [0.5, 0.6) is 0 Å². The zero-order valence-electron chi connectivity index (χ0n) is 13.3. The Kier molecular flexibility index (Phi) is 5.24. The second kappa shape index (κ2) is 5.76. The summed E-state index contributed by atoms with van der Waals surface area (Å²) in [5.41, 5.74) is 0. The molecule has 0 radical (unpaired) electrons. The summed E-state index contributed by atoms with van der Waals surface area (Å²) in [6.07, 6.45) is 3.42. The van der Waals surface area contributed by atoms with Crippen molar-refractivity contribution in [3.05, 3.63) is 0 Å². The van der Waals surface area contributed by atoms with E-state index in [1.54, 1.807) is 0 Å². The van der Waals surface area contributed by atoms with Gasteiger partial charge in [0.15, 0.2) is 0 Å². The van der Waals surface area contributed by atoms with Crippen molar-refractivity contribution in [1.29, 1.82) is 0 Å². The molecule has 0 aromatic carbocycles. The predicted octanol–water partition coefficient (Wildman–Crippen LogP) is 4.13. The summed E-state index contributed by atoms with van der Waals surface area (Å²) in [5.74, 6) is 0.483. The molecule has 1 atom stereocenters. The second-order valence-corrected chi connectivity index (χ2v) is 21.9. The fraction of sp³-hybridized carbons (Fsp3) is 0.929. The van der Waals surface area contributed by atoms with Gasteiger partial charge in [0.1, 0.15) is 0 Å². The number of carbonyl (C=O) groups is 1. The molecule has 0 aromatic rings. The summed E-state index contributed by atoms with van der Waals surface area (Å²) in [6, 6.07) is 0. The standard InChI is InChI=1S/C11H21BNO.3CH3.Sn/c1-5-11(6-2)9-10(14)13(8-4)12(11)7-3;;;;/h9H,5-8H2,1-4H3;3*1H3;. The van der Waals surface area contributed by atoms with Crippen LogP contribution in [0.1, 0.15) is 40.5 Å². The monoisotopic (exact) mass is 359 g/mol. The Balaban J connectivity index is 3.34. The molecule has 18 heavy (non-hydrogen) atoms. The molecule has 2 nitrogen and oxygen atoms in total. The van der Waals surface area contributed by atoms with Crippen LogP contribution >= 0.6 is 0 Å². The first-order valence-corrected chi connectivity index (χ1v) is 17.8. The van der Waals surface area contributed by atoms with Gasteiger partial charge in [-0.2, -0.15) is 0 Å². The van der Waals surface area contributed by atoms with Crippen LogP contribution in [0.25, 0.3) is 0 Å². The molecule has 0 saturated carbocycles. The summed E-state index contributed by atoms with van der Waals surface area (Å²) in [5, 5.41) is 0.260. The van der Waals surface area contributed by atoms with Gasteiger partial charge in [-0.15, -0.1) is 0 Å². The van der Waals surface area contributed by atoms with Crippen molar-refractivity contribution in [3.8, 4) is 0 Å². The fourth-order valence-corrected chi connectivity index (χ4v) is 13.7. The number of rotatable bonds is 5. The third kappa shape index (κ3) is 2.36. The minimum absolute atomic E-state index is 0.260. The Hall–Kier alpha value is 0.334. The molecule has 0 aromatic heterocycles. The second-order valence-electron chi connectivity index (χ2n) is 6.79. The van der Waals surface area contributed by atoms with Gasteiger partial charge >= 0.3 is 118 Å². The Bertz CT molecular complexity index is 309. The van der Waals surface area contributed by atoms with Crippen molar-refractivity contribution < 1.29 is 4.79 Å². The maximum atomic E-state index is 12.9. The molecule has 1 saturated heterocycles. The third-order valence-electron chi connectivity index (χ3n) is 5.05. The van der Waals surface area contributed by atoms with Gasteiger partial charge < -0.3 is 0 Å². The Morgan fingerprint density at radius 3 is 1.94 bits per heavy atom. The summed E-state index contributed by atoms with van der Waals surface area (Å²) in [4.78, 5) is 22.4. The van der Waals surface area contributed by atoms with E-state index in [2.05, 4.69) is 47.3 Å². The summed E-state index contributed by atoms with van der Waals surface area (Å²) < 4.78 is 0.381. The summed E-state index contributed by atoms with van der Waals surface area (Å²) in [7, 11) is 0. The SMILES string of the molecule is CCB1N(CC)C(=O)[CH]([Sn]([CH3])([CH3])[CH3])C1(CC)CC. The van der Waals surface area contributed by atoms with Crippen LogP contribution in [-0.2, 0) is 4.79 Å². The van der Waals surface area contributed by atoms with Crippen LogP contribution in [-0.4, -0.2) is 42.5 Å². The molecule has 1 aliphatic rings. The van der Waals surface area contributed by atoms with Gasteiger partial charge in [-0.25, -0.2) is 0 Å². The molecule has 1 heterocycles. The first-order chi connectivity index (χ1) is 8.30. The van der Waals surface area contributed by atoms with Crippen LogP contribution in [0.2, 0.25) is 30.4 Å². The predicted molar refractivity (Wildman–Crippen MR) is 84.0 cm³/mol. The first-order valence-electron chi connectivity index (χ1n) is 7.60. The van der Waals surface area contributed by atoms with Crippen molar-refractivity contribution in [2.45, 2.75) is 70.9 Å². The van der Waals surface area contributed by atoms with E-state index in [-0.39, 0.29) is 5.31 Å². The van der Waals surface area contributed by atoms with Crippen molar-refractivity contribution in [1.82, 2.24) is 4.81 Å². The third-order valence-corrected chi connectivity index (χ3v) is 12.3. The van der Waals surface area contributed by atoms with Crippen LogP contribution < -0.4 is 0 Å². The molecule has 1 amide bonds. The fourth-order valence-electron chi connectivity index (χ4n) is 4.43. The molecule has 0 aliphatic carbocycles. The molecule has 0 spiro atoms. The zero-order valence-corrected chi connectivity index (χ0v) is 16.2. The van der Waals surface area contributed by atoms with E-state index in [1.807, 2.05) is 0 Å². The summed E-state index contributed by atoms with van der Waals surface area (Å²) >= 11 is -2.25. The normalized spacial score (nSPS) is 23.9. The Labute approximate surface area is 118 Å². The molecule has 1 aliphatic heterocycles. The molecule has 1 fully saturated rings. The van der Waals surface area contributed by atoms with E-state index in [1.165, 1.54) is 0 Å². The van der Waals surface area contributed by atoms with E-state index in [0.717, 1.165) is 25.7 Å².